The number of anilines is 1. The van der Waals surface area contributed by atoms with Gasteiger partial charge in [0.05, 0.1) is 31.9 Å². The third kappa shape index (κ3) is 2.53. The zero-order valence-electron chi connectivity index (χ0n) is 10.8. The summed E-state index contributed by atoms with van der Waals surface area (Å²) in [6.45, 7) is 1.18. The Labute approximate surface area is 110 Å². The number of amides is 2. The number of methoxy groups -OCH3 is 1. The molecule has 0 spiro atoms. The Hall–Kier alpha value is -2.08. The molecule has 1 aromatic carbocycles. The fraction of sp³-hybridized carbons (Fsp3) is 0.385. The summed E-state index contributed by atoms with van der Waals surface area (Å²) in [4.78, 5) is 22.7. The van der Waals surface area contributed by atoms with E-state index in [1.165, 1.54) is 14.0 Å². The monoisotopic (exact) mass is 264 g/mol. The molecule has 3 N–H and O–H groups in total. The number of ether oxygens (including phenoxy) is 1. The summed E-state index contributed by atoms with van der Waals surface area (Å²) < 4.78 is 5.33. The summed E-state index contributed by atoms with van der Waals surface area (Å²) in [5, 5.41) is 14.8. The lowest BCUT2D eigenvalue weighted by Gasteiger charge is -2.28. The molecule has 1 aromatic rings. The van der Waals surface area contributed by atoms with E-state index in [4.69, 9.17) is 4.74 Å². The molecule has 0 bridgehead atoms. The van der Waals surface area contributed by atoms with Crippen molar-refractivity contribution in [3.63, 3.8) is 0 Å². The van der Waals surface area contributed by atoms with Crippen molar-refractivity contribution in [3.05, 3.63) is 23.3 Å². The minimum Gasteiger partial charge on any atom is -0.494 e. The van der Waals surface area contributed by atoms with E-state index in [0.717, 1.165) is 11.1 Å². The quantitative estimate of drug-likeness (QED) is 0.735. The summed E-state index contributed by atoms with van der Waals surface area (Å²) in [6, 6.07) is 2.95. The summed E-state index contributed by atoms with van der Waals surface area (Å²) >= 11 is 0. The predicted octanol–water partition coefficient (Wildman–Crippen LogP) is 0.359. The van der Waals surface area contributed by atoms with E-state index >= 15 is 0 Å². The van der Waals surface area contributed by atoms with Crippen LogP contribution in [0.1, 0.15) is 24.1 Å². The second-order valence-electron chi connectivity index (χ2n) is 4.38. The lowest BCUT2D eigenvalue weighted by molar-refractivity contribution is -0.122. The van der Waals surface area contributed by atoms with Gasteiger partial charge in [-0.25, -0.2) is 0 Å². The predicted molar refractivity (Wildman–Crippen MR) is 69.0 cm³/mol. The average Bonchev–Trinajstić information content (AvgIpc) is 2.37. The van der Waals surface area contributed by atoms with E-state index in [-0.39, 0.29) is 24.8 Å². The van der Waals surface area contributed by atoms with Crippen molar-refractivity contribution in [2.45, 2.75) is 19.4 Å². The zero-order chi connectivity index (χ0) is 14.0. The fourth-order valence-electron chi connectivity index (χ4n) is 2.31. The molecule has 0 fully saturated rings. The number of benzene rings is 1. The first-order valence-electron chi connectivity index (χ1n) is 5.94. The lowest BCUT2D eigenvalue weighted by atomic mass is 9.92. The third-order valence-corrected chi connectivity index (χ3v) is 3.02. The highest BCUT2D eigenvalue weighted by atomic mass is 16.5. The number of aliphatic hydroxyl groups excluding tert-OH is 1. The highest BCUT2D eigenvalue weighted by molar-refractivity contribution is 5.92. The molecule has 0 saturated heterocycles. The SMILES string of the molecule is COc1c(NC(C)=O)ccc2c1[C@H](CO)NC(=O)C2. The molecule has 0 unspecified atom stereocenters. The number of fused-ring (bicyclic) bond motifs is 1. The molecular weight excluding hydrogens is 248 g/mol. The van der Waals surface area contributed by atoms with Gasteiger partial charge in [0.2, 0.25) is 11.8 Å². The molecule has 0 aromatic heterocycles. The van der Waals surface area contributed by atoms with Crippen LogP contribution in [-0.4, -0.2) is 30.6 Å². The van der Waals surface area contributed by atoms with Crippen LogP contribution in [0.2, 0.25) is 0 Å². The number of hydrogen-bond acceptors (Lipinski definition) is 4. The summed E-state index contributed by atoms with van der Waals surface area (Å²) in [7, 11) is 1.49. The maximum absolute atomic E-state index is 11.5. The number of carbonyl (C=O) groups is 2. The van der Waals surface area contributed by atoms with Crippen LogP contribution in [0, 0.1) is 0 Å². The molecule has 2 amide bonds. The average molecular weight is 264 g/mol. The van der Waals surface area contributed by atoms with Gasteiger partial charge in [0, 0.05) is 12.5 Å². The summed E-state index contributed by atoms with van der Waals surface area (Å²) in [6.07, 6.45) is 0.239. The van der Waals surface area contributed by atoms with Crippen molar-refractivity contribution in [1.29, 1.82) is 0 Å². The first kappa shape index (κ1) is 13.4. The van der Waals surface area contributed by atoms with Crippen molar-refractivity contribution in [3.8, 4) is 5.75 Å². The molecule has 6 heteroatoms. The van der Waals surface area contributed by atoms with E-state index < -0.39 is 6.04 Å². The molecule has 0 aliphatic carbocycles. The molecule has 6 nitrogen and oxygen atoms in total. The Kier molecular flexibility index (Phi) is 3.71. The largest absolute Gasteiger partial charge is 0.494 e. The summed E-state index contributed by atoms with van der Waals surface area (Å²) in [5.74, 6) is 0.131. The Morgan fingerprint density at radius 2 is 2.32 bits per heavy atom. The maximum Gasteiger partial charge on any atom is 0.224 e. The van der Waals surface area contributed by atoms with Crippen LogP contribution >= 0.6 is 0 Å². The second kappa shape index (κ2) is 5.27. The highest BCUT2D eigenvalue weighted by Gasteiger charge is 2.28. The first-order chi connectivity index (χ1) is 9.06. The molecular formula is C13H16N2O4. The zero-order valence-corrected chi connectivity index (χ0v) is 10.8. The van der Waals surface area contributed by atoms with E-state index in [1.807, 2.05) is 0 Å². The van der Waals surface area contributed by atoms with Gasteiger partial charge in [0.25, 0.3) is 0 Å². The van der Waals surface area contributed by atoms with Crippen molar-refractivity contribution in [2.24, 2.45) is 0 Å². The fourth-order valence-corrected chi connectivity index (χ4v) is 2.31. The van der Waals surface area contributed by atoms with E-state index in [9.17, 15) is 14.7 Å². The Morgan fingerprint density at radius 1 is 1.58 bits per heavy atom. The van der Waals surface area contributed by atoms with Gasteiger partial charge in [-0.1, -0.05) is 6.07 Å². The molecule has 1 aliphatic heterocycles. The topological polar surface area (TPSA) is 87.7 Å². The van der Waals surface area contributed by atoms with Crippen LogP contribution in [0.5, 0.6) is 5.75 Å². The van der Waals surface area contributed by atoms with Gasteiger partial charge in [-0.05, 0) is 11.6 Å². The summed E-state index contributed by atoms with van der Waals surface area (Å²) in [5.41, 5.74) is 2.05. The molecule has 102 valence electrons. The van der Waals surface area contributed by atoms with Gasteiger partial charge >= 0.3 is 0 Å². The number of carbonyl (C=O) groups excluding carboxylic acids is 2. The van der Waals surface area contributed by atoms with Crippen LogP contribution in [0.15, 0.2) is 12.1 Å². The van der Waals surface area contributed by atoms with Gasteiger partial charge in [-0.3, -0.25) is 9.59 Å². The van der Waals surface area contributed by atoms with Crippen molar-refractivity contribution < 1.29 is 19.4 Å². The number of hydrogen-bond donors (Lipinski definition) is 3. The Bertz CT molecular complexity index is 528. The van der Waals surface area contributed by atoms with Crippen molar-refractivity contribution >= 4 is 17.5 Å². The minimum absolute atomic E-state index is 0.138. The van der Waals surface area contributed by atoms with Gasteiger partial charge < -0.3 is 20.5 Å². The van der Waals surface area contributed by atoms with Crippen LogP contribution in [0.3, 0.4) is 0 Å². The molecule has 1 atom stereocenters. The Morgan fingerprint density at radius 3 is 2.89 bits per heavy atom. The molecule has 1 aliphatic rings. The number of rotatable bonds is 3. The van der Waals surface area contributed by atoms with Crippen LogP contribution in [0.25, 0.3) is 0 Å². The van der Waals surface area contributed by atoms with E-state index in [0.29, 0.717) is 11.4 Å². The third-order valence-electron chi connectivity index (χ3n) is 3.02. The molecule has 2 rings (SSSR count). The Balaban J connectivity index is 2.54. The highest BCUT2D eigenvalue weighted by Crippen LogP contribution is 2.37. The van der Waals surface area contributed by atoms with Gasteiger partial charge in [0.15, 0.2) is 0 Å². The first-order valence-corrected chi connectivity index (χ1v) is 5.94. The van der Waals surface area contributed by atoms with Crippen LogP contribution in [-0.2, 0) is 16.0 Å². The van der Waals surface area contributed by atoms with Crippen molar-refractivity contribution in [1.82, 2.24) is 5.32 Å². The van der Waals surface area contributed by atoms with Gasteiger partial charge in [-0.15, -0.1) is 0 Å². The minimum atomic E-state index is -0.514. The van der Waals surface area contributed by atoms with E-state index in [2.05, 4.69) is 10.6 Å². The van der Waals surface area contributed by atoms with Crippen LogP contribution in [0.4, 0.5) is 5.69 Å². The standard InChI is InChI=1S/C13H16N2O4/c1-7(17)14-9-4-3-8-5-11(18)15-10(6-16)12(8)13(9)19-2/h3-4,10,16H,5-6H2,1-2H3,(H,14,17)(H,15,18)/t10-/m0/s1. The number of aliphatic hydroxyl groups is 1. The maximum atomic E-state index is 11.5. The van der Waals surface area contributed by atoms with Crippen LogP contribution < -0.4 is 15.4 Å². The normalized spacial score (nSPS) is 17.4. The molecule has 19 heavy (non-hydrogen) atoms. The van der Waals surface area contributed by atoms with Gasteiger partial charge in [0.1, 0.15) is 5.75 Å². The molecule has 0 saturated carbocycles. The molecule has 0 radical (unpaired) electrons. The van der Waals surface area contributed by atoms with E-state index in [1.54, 1.807) is 12.1 Å². The number of nitrogens with one attached hydrogen (secondary N) is 2. The smallest absolute Gasteiger partial charge is 0.224 e. The van der Waals surface area contributed by atoms with Crippen molar-refractivity contribution in [2.75, 3.05) is 19.0 Å². The lowest BCUT2D eigenvalue weighted by Crippen LogP contribution is -2.37. The molecule has 1 heterocycles. The van der Waals surface area contributed by atoms with Gasteiger partial charge in [-0.2, -0.15) is 0 Å². The second-order valence-corrected chi connectivity index (χ2v) is 4.38.